The maximum atomic E-state index is 12.2. The highest BCUT2D eigenvalue weighted by Gasteiger charge is 2.45. The summed E-state index contributed by atoms with van der Waals surface area (Å²) in [6.45, 7) is 1.93. The highest BCUT2D eigenvalue weighted by atomic mass is 16.3. The minimum Gasteiger partial charge on any atom is -0.466 e. The summed E-state index contributed by atoms with van der Waals surface area (Å²) < 4.78 is 5.57. The zero-order valence-electron chi connectivity index (χ0n) is 9.72. The number of aryl methyl sites for hydroxylation is 1. The molecule has 0 spiro atoms. The first-order chi connectivity index (χ1) is 8.25. The summed E-state index contributed by atoms with van der Waals surface area (Å²) in [5.74, 6) is 2.51. The van der Waals surface area contributed by atoms with Gasteiger partial charge in [0.05, 0.1) is 0 Å². The van der Waals surface area contributed by atoms with Crippen LogP contribution in [-0.4, -0.2) is 5.78 Å². The van der Waals surface area contributed by atoms with Crippen LogP contribution in [0.2, 0.25) is 0 Å². The molecule has 0 amide bonds. The molecule has 1 heterocycles. The number of benzene rings is 1. The lowest BCUT2D eigenvalue weighted by molar-refractivity contribution is 0.0964. The van der Waals surface area contributed by atoms with Gasteiger partial charge in [-0.05, 0) is 25.5 Å². The van der Waals surface area contributed by atoms with E-state index in [0.717, 1.165) is 23.5 Å². The van der Waals surface area contributed by atoms with E-state index in [1.807, 2.05) is 49.4 Å². The van der Waals surface area contributed by atoms with E-state index in [1.165, 1.54) is 0 Å². The minimum atomic E-state index is 0.114. The van der Waals surface area contributed by atoms with E-state index in [-0.39, 0.29) is 17.6 Å². The monoisotopic (exact) mass is 226 g/mol. The number of hydrogen-bond donors (Lipinski definition) is 0. The van der Waals surface area contributed by atoms with Crippen molar-refractivity contribution in [3.63, 3.8) is 0 Å². The second-order valence-electron chi connectivity index (χ2n) is 4.63. The maximum absolute atomic E-state index is 12.2. The maximum Gasteiger partial charge on any atom is 0.166 e. The van der Waals surface area contributed by atoms with Crippen LogP contribution in [-0.2, 0) is 0 Å². The number of rotatable bonds is 3. The van der Waals surface area contributed by atoms with Crippen LogP contribution in [0.15, 0.2) is 46.9 Å². The Kier molecular flexibility index (Phi) is 2.36. The van der Waals surface area contributed by atoms with Crippen LogP contribution < -0.4 is 0 Å². The van der Waals surface area contributed by atoms with Crippen LogP contribution in [0.4, 0.5) is 0 Å². The van der Waals surface area contributed by atoms with E-state index in [9.17, 15) is 4.79 Å². The third-order valence-electron chi connectivity index (χ3n) is 3.31. The van der Waals surface area contributed by atoms with Crippen molar-refractivity contribution in [2.45, 2.75) is 19.3 Å². The first-order valence-electron chi connectivity index (χ1n) is 5.91. The van der Waals surface area contributed by atoms with Crippen LogP contribution in [0.3, 0.4) is 0 Å². The first kappa shape index (κ1) is 10.3. The van der Waals surface area contributed by atoms with Crippen molar-refractivity contribution in [1.29, 1.82) is 0 Å². The molecule has 1 aromatic carbocycles. The molecule has 2 atom stereocenters. The minimum absolute atomic E-state index is 0.114. The molecule has 17 heavy (non-hydrogen) atoms. The number of furan rings is 1. The van der Waals surface area contributed by atoms with Crippen LogP contribution >= 0.6 is 0 Å². The Labute approximate surface area is 100 Å². The summed E-state index contributed by atoms with van der Waals surface area (Å²) in [6, 6.07) is 13.4. The fourth-order valence-corrected chi connectivity index (χ4v) is 2.27. The third kappa shape index (κ3) is 1.91. The summed E-state index contributed by atoms with van der Waals surface area (Å²) >= 11 is 0. The fraction of sp³-hybridized carbons (Fsp3) is 0.267. The topological polar surface area (TPSA) is 30.2 Å². The van der Waals surface area contributed by atoms with Crippen molar-refractivity contribution in [1.82, 2.24) is 0 Å². The van der Waals surface area contributed by atoms with E-state index in [2.05, 4.69) is 0 Å². The number of carbonyl (C=O) groups is 1. The summed E-state index contributed by atoms with van der Waals surface area (Å²) in [7, 11) is 0. The molecular weight excluding hydrogens is 212 g/mol. The quantitative estimate of drug-likeness (QED) is 0.749. The SMILES string of the molecule is Cc1ccc([C@@H]2C[C@H]2C(=O)c2ccccc2)o1. The molecule has 0 aliphatic heterocycles. The van der Waals surface area contributed by atoms with E-state index in [4.69, 9.17) is 4.42 Å². The van der Waals surface area contributed by atoms with Crippen molar-refractivity contribution in [3.05, 3.63) is 59.5 Å². The smallest absolute Gasteiger partial charge is 0.166 e. The van der Waals surface area contributed by atoms with Gasteiger partial charge in [0.25, 0.3) is 0 Å². The zero-order valence-corrected chi connectivity index (χ0v) is 9.72. The molecule has 1 aromatic heterocycles. The largest absolute Gasteiger partial charge is 0.466 e. The second kappa shape index (κ2) is 3.88. The molecule has 1 aliphatic carbocycles. The van der Waals surface area contributed by atoms with Gasteiger partial charge in [0.2, 0.25) is 0 Å². The summed E-state index contributed by atoms with van der Waals surface area (Å²) in [4.78, 5) is 12.2. The molecule has 2 aromatic rings. The van der Waals surface area contributed by atoms with Crippen LogP contribution in [0.1, 0.15) is 34.2 Å². The molecule has 1 saturated carbocycles. The highest BCUT2D eigenvalue weighted by molar-refractivity contribution is 6.00. The van der Waals surface area contributed by atoms with E-state index < -0.39 is 0 Å². The molecule has 0 unspecified atom stereocenters. The Hall–Kier alpha value is -1.83. The summed E-state index contributed by atoms with van der Waals surface area (Å²) in [6.07, 6.45) is 0.917. The van der Waals surface area contributed by atoms with Crippen LogP contribution in [0.5, 0.6) is 0 Å². The van der Waals surface area contributed by atoms with Gasteiger partial charge >= 0.3 is 0 Å². The molecule has 0 bridgehead atoms. The Morgan fingerprint density at radius 3 is 2.59 bits per heavy atom. The molecule has 2 nitrogen and oxygen atoms in total. The molecule has 0 radical (unpaired) electrons. The van der Waals surface area contributed by atoms with Crippen molar-refractivity contribution in [3.8, 4) is 0 Å². The van der Waals surface area contributed by atoms with Crippen molar-refractivity contribution in [2.24, 2.45) is 5.92 Å². The van der Waals surface area contributed by atoms with Gasteiger partial charge in [-0.1, -0.05) is 30.3 Å². The van der Waals surface area contributed by atoms with Gasteiger partial charge in [-0.15, -0.1) is 0 Å². The predicted octanol–water partition coefficient (Wildman–Crippen LogP) is 3.57. The molecule has 1 fully saturated rings. The Bertz CT molecular complexity index is 539. The van der Waals surface area contributed by atoms with E-state index in [0.29, 0.717) is 0 Å². The van der Waals surface area contributed by atoms with Gasteiger partial charge in [0.1, 0.15) is 11.5 Å². The third-order valence-corrected chi connectivity index (χ3v) is 3.31. The molecule has 0 saturated heterocycles. The van der Waals surface area contributed by atoms with E-state index in [1.54, 1.807) is 0 Å². The average molecular weight is 226 g/mol. The van der Waals surface area contributed by atoms with Gasteiger partial charge in [-0.3, -0.25) is 4.79 Å². The second-order valence-corrected chi connectivity index (χ2v) is 4.63. The van der Waals surface area contributed by atoms with Crippen molar-refractivity contribution < 1.29 is 9.21 Å². The van der Waals surface area contributed by atoms with Crippen LogP contribution in [0, 0.1) is 12.8 Å². The summed E-state index contributed by atoms with van der Waals surface area (Å²) in [5.41, 5.74) is 0.809. The van der Waals surface area contributed by atoms with Gasteiger partial charge in [0, 0.05) is 17.4 Å². The van der Waals surface area contributed by atoms with Gasteiger partial charge < -0.3 is 4.42 Å². The highest BCUT2D eigenvalue weighted by Crippen LogP contribution is 2.49. The van der Waals surface area contributed by atoms with Crippen molar-refractivity contribution in [2.75, 3.05) is 0 Å². The first-order valence-corrected chi connectivity index (χ1v) is 5.91. The number of carbonyl (C=O) groups excluding carboxylic acids is 1. The standard InChI is InChI=1S/C15H14O2/c1-10-7-8-14(17-10)12-9-13(12)15(16)11-5-3-2-4-6-11/h2-8,12-13H,9H2,1H3/t12-,13-/m1/s1. The predicted molar refractivity (Wildman–Crippen MR) is 65.1 cm³/mol. The lowest BCUT2D eigenvalue weighted by atomic mass is 10.1. The molecule has 2 heteroatoms. The fourth-order valence-electron chi connectivity index (χ4n) is 2.27. The zero-order chi connectivity index (χ0) is 11.8. The lowest BCUT2D eigenvalue weighted by Gasteiger charge is -1.98. The molecule has 3 rings (SSSR count). The van der Waals surface area contributed by atoms with E-state index >= 15 is 0 Å². The van der Waals surface area contributed by atoms with Gasteiger partial charge in [0.15, 0.2) is 5.78 Å². The number of ketones is 1. The number of hydrogen-bond acceptors (Lipinski definition) is 2. The van der Waals surface area contributed by atoms with Crippen LogP contribution in [0.25, 0.3) is 0 Å². The van der Waals surface area contributed by atoms with Crippen molar-refractivity contribution >= 4 is 5.78 Å². The Balaban J connectivity index is 1.75. The normalized spacial score (nSPS) is 22.4. The average Bonchev–Trinajstić information content (AvgIpc) is 3.05. The molecule has 1 aliphatic rings. The van der Waals surface area contributed by atoms with Gasteiger partial charge in [-0.25, -0.2) is 0 Å². The lowest BCUT2D eigenvalue weighted by Crippen LogP contribution is -2.02. The Morgan fingerprint density at radius 2 is 1.94 bits per heavy atom. The summed E-state index contributed by atoms with van der Waals surface area (Å²) in [5, 5.41) is 0. The molecule has 0 N–H and O–H groups in total. The number of Topliss-reactive ketones (excluding diaryl/α,β-unsaturated/α-hetero) is 1. The molecule has 86 valence electrons. The van der Waals surface area contributed by atoms with Gasteiger partial charge in [-0.2, -0.15) is 0 Å². The molecular formula is C15H14O2. The Morgan fingerprint density at radius 1 is 1.18 bits per heavy atom.